The SMILES string of the molecule is COC(=O)c1ccc(NC(=O)/C(C)=C/c2ccc(OC)c(OC)c2)cc1. The topological polar surface area (TPSA) is 73.9 Å². The minimum atomic E-state index is -0.424. The summed E-state index contributed by atoms with van der Waals surface area (Å²) in [6, 6.07) is 11.9. The van der Waals surface area contributed by atoms with Crippen LogP contribution in [0.3, 0.4) is 0 Å². The van der Waals surface area contributed by atoms with E-state index in [1.54, 1.807) is 63.6 Å². The third-order valence-electron chi connectivity index (χ3n) is 3.71. The molecule has 1 amide bonds. The molecule has 0 aliphatic heterocycles. The molecule has 2 aromatic rings. The molecule has 6 heteroatoms. The van der Waals surface area contributed by atoms with Gasteiger partial charge in [0, 0.05) is 11.3 Å². The van der Waals surface area contributed by atoms with Crippen molar-refractivity contribution in [3.8, 4) is 11.5 Å². The molecule has 0 bridgehead atoms. The molecule has 0 radical (unpaired) electrons. The van der Waals surface area contributed by atoms with Crippen LogP contribution in [0.15, 0.2) is 48.0 Å². The molecule has 26 heavy (non-hydrogen) atoms. The van der Waals surface area contributed by atoms with Gasteiger partial charge in [-0.25, -0.2) is 4.79 Å². The van der Waals surface area contributed by atoms with E-state index in [0.717, 1.165) is 5.56 Å². The first-order valence-corrected chi connectivity index (χ1v) is 7.88. The van der Waals surface area contributed by atoms with Gasteiger partial charge in [0.1, 0.15) is 0 Å². The minimum absolute atomic E-state index is 0.245. The first kappa shape index (κ1) is 19.1. The van der Waals surface area contributed by atoms with Crippen LogP contribution in [-0.2, 0) is 9.53 Å². The maximum absolute atomic E-state index is 12.3. The predicted octanol–water partition coefficient (Wildman–Crippen LogP) is 3.53. The lowest BCUT2D eigenvalue weighted by Crippen LogP contribution is -2.12. The number of carbonyl (C=O) groups excluding carboxylic acids is 2. The third kappa shape index (κ3) is 4.63. The van der Waals surface area contributed by atoms with E-state index in [2.05, 4.69) is 10.1 Å². The standard InChI is InChI=1S/C20H21NO5/c1-13(11-14-5-10-17(24-2)18(12-14)25-3)19(22)21-16-8-6-15(7-9-16)20(23)26-4/h5-12H,1-4H3,(H,21,22)/b13-11+. The zero-order valence-corrected chi connectivity index (χ0v) is 15.2. The second-order valence-electron chi connectivity index (χ2n) is 5.46. The number of anilines is 1. The third-order valence-corrected chi connectivity index (χ3v) is 3.71. The molecule has 0 spiro atoms. The van der Waals surface area contributed by atoms with Crippen LogP contribution in [0.1, 0.15) is 22.8 Å². The van der Waals surface area contributed by atoms with E-state index >= 15 is 0 Å². The number of amides is 1. The van der Waals surface area contributed by atoms with Crippen molar-refractivity contribution in [3.05, 3.63) is 59.2 Å². The molecule has 2 aromatic carbocycles. The van der Waals surface area contributed by atoms with E-state index in [0.29, 0.717) is 28.3 Å². The van der Waals surface area contributed by atoms with Crippen molar-refractivity contribution in [2.45, 2.75) is 6.92 Å². The molecule has 1 N–H and O–H groups in total. The van der Waals surface area contributed by atoms with E-state index in [4.69, 9.17) is 9.47 Å². The number of carbonyl (C=O) groups is 2. The lowest BCUT2D eigenvalue weighted by molar-refractivity contribution is -0.112. The van der Waals surface area contributed by atoms with Gasteiger partial charge in [0.25, 0.3) is 5.91 Å². The molecule has 0 heterocycles. The van der Waals surface area contributed by atoms with Gasteiger partial charge in [-0.1, -0.05) is 6.07 Å². The second-order valence-corrected chi connectivity index (χ2v) is 5.46. The molecule has 0 saturated heterocycles. The van der Waals surface area contributed by atoms with Gasteiger partial charge in [0.15, 0.2) is 11.5 Å². The molecule has 0 unspecified atom stereocenters. The van der Waals surface area contributed by atoms with Crippen molar-refractivity contribution >= 4 is 23.6 Å². The van der Waals surface area contributed by atoms with E-state index in [1.807, 2.05) is 6.07 Å². The Balaban J connectivity index is 2.11. The van der Waals surface area contributed by atoms with Gasteiger partial charge in [-0.2, -0.15) is 0 Å². The average Bonchev–Trinajstić information content (AvgIpc) is 2.67. The molecule has 0 atom stereocenters. The highest BCUT2D eigenvalue weighted by Gasteiger charge is 2.09. The Bertz CT molecular complexity index is 825. The van der Waals surface area contributed by atoms with Crippen molar-refractivity contribution < 1.29 is 23.8 Å². The fourth-order valence-electron chi connectivity index (χ4n) is 2.30. The highest BCUT2D eigenvalue weighted by atomic mass is 16.5. The van der Waals surface area contributed by atoms with E-state index in [-0.39, 0.29) is 5.91 Å². The monoisotopic (exact) mass is 355 g/mol. The smallest absolute Gasteiger partial charge is 0.337 e. The molecule has 0 aliphatic rings. The molecule has 0 aliphatic carbocycles. The molecular formula is C20H21NO5. The summed E-state index contributed by atoms with van der Waals surface area (Å²) >= 11 is 0. The summed E-state index contributed by atoms with van der Waals surface area (Å²) in [7, 11) is 4.45. The van der Waals surface area contributed by atoms with Gasteiger partial charge >= 0.3 is 5.97 Å². The lowest BCUT2D eigenvalue weighted by atomic mass is 10.1. The van der Waals surface area contributed by atoms with Crippen LogP contribution < -0.4 is 14.8 Å². The van der Waals surface area contributed by atoms with Crippen molar-refractivity contribution in [1.29, 1.82) is 0 Å². The number of rotatable bonds is 6. The van der Waals surface area contributed by atoms with Crippen LogP contribution in [0.25, 0.3) is 6.08 Å². The zero-order chi connectivity index (χ0) is 19.1. The van der Waals surface area contributed by atoms with Crippen LogP contribution in [0, 0.1) is 0 Å². The molecule has 0 fully saturated rings. The van der Waals surface area contributed by atoms with Crippen molar-refractivity contribution in [3.63, 3.8) is 0 Å². The van der Waals surface area contributed by atoms with Gasteiger partial charge in [-0.15, -0.1) is 0 Å². The highest BCUT2D eigenvalue weighted by molar-refractivity contribution is 6.06. The Morgan fingerprint density at radius 1 is 0.923 bits per heavy atom. The number of nitrogens with one attached hydrogen (secondary N) is 1. The van der Waals surface area contributed by atoms with E-state index < -0.39 is 5.97 Å². The lowest BCUT2D eigenvalue weighted by Gasteiger charge is -2.09. The normalized spacial score (nSPS) is 10.8. The summed E-state index contributed by atoms with van der Waals surface area (Å²) in [5.74, 6) is 0.545. The van der Waals surface area contributed by atoms with Crippen LogP contribution >= 0.6 is 0 Å². The number of hydrogen-bond donors (Lipinski definition) is 1. The Morgan fingerprint density at radius 2 is 1.58 bits per heavy atom. The Morgan fingerprint density at radius 3 is 2.15 bits per heavy atom. The average molecular weight is 355 g/mol. The first-order valence-electron chi connectivity index (χ1n) is 7.88. The summed E-state index contributed by atoms with van der Waals surface area (Å²) in [5.41, 5.74) is 2.34. The second kappa shape index (κ2) is 8.71. The number of hydrogen-bond acceptors (Lipinski definition) is 5. The summed E-state index contributed by atoms with van der Waals surface area (Å²) in [6.45, 7) is 1.72. The molecular weight excluding hydrogens is 334 g/mol. The number of ether oxygens (including phenoxy) is 3. The molecule has 0 aromatic heterocycles. The van der Waals surface area contributed by atoms with Crippen molar-refractivity contribution in [2.24, 2.45) is 0 Å². The number of esters is 1. The Labute approximate surface area is 152 Å². The summed E-state index contributed by atoms with van der Waals surface area (Å²) in [6.07, 6.45) is 1.75. The van der Waals surface area contributed by atoms with E-state index in [1.165, 1.54) is 7.11 Å². The predicted molar refractivity (Wildman–Crippen MR) is 99.6 cm³/mol. The molecule has 6 nitrogen and oxygen atoms in total. The Kier molecular flexibility index (Phi) is 6.38. The van der Waals surface area contributed by atoms with Gasteiger partial charge in [-0.05, 0) is 55.0 Å². The Hall–Kier alpha value is -3.28. The molecule has 136 valence electrons. The maximum Gasteiger partial charge on any atom is 0.337 e. The molecule has 2 rings (SSSR count). The minimum Gasteiger partial charge on any atom is -0.493 e. The van der Waals surface area contributed by atoms with Gasteiger partial charge in [-0.3, -0.25) is 4.79 Å². The fourth-order valence-corrected chi connectivity index (χ4v) is 2.30. The van der Waals surface area contributed by atoms with Gasteiger partial charge < -0.3 is 19.5 Å². The van der Waals surface area contributed by atoms with Crippen LogP contribution in [-0.4, -0.2) is 33.2 Å². The van der Waals surface area contributed by atoms with Crippen molar-refractivity contribution in [1.82, 2.24) is 0 Å². The largest absolute Gasteiger partial charge is 0.493 e. The van der Waals surface area contributed by atoms with Crippen molar-refractivity contribution in [2.75, 3.05) is 26.6 Å². The summed E-state index contributed by atoms with van der Waals surface area (Å²) in [4.78, 5) is 23.8. The van der Waals surface area contributed by atoms with Crippen LogP contribution in [0.4, 0.5) is 5.69 Å². The molecule has 0 saturated carbocycles. The van der Waals surface area contributed by atoms with Gasteiger partial charge in [0.2, 0.25) is 0 Å². The summed E-state index contributed by atoms with van der Waals surface area (Å²) in [5, 5.41) is 2.78. The van der Waals surface area contributed by atoms with Crippen LogP contribution in [0.5, 0.6) is 11.5 Å². The maximum atomic E-state index is 12.3. The summed E-state index contributed by atoms with van der Waals surface area (Å²) < 4.78 is 15.1. The quantitative estimate of drug-likeness (QED) is 0.634. The number of methoxy groups -OCH3 is 3. The highest BCUT2D eigenvalue weighted by Crippen LogP contribution is 2.28. The first-order chi connectivity index (χ1) is 12.5. The van der Waals surface area contributed by atoms with Crippen LogP contribution in [0.2, 0.25) is 0 Å². The fraction of sp³-hybridized carbons (Fsp3) is 0.200. The van der Waals surface area contributed by atoms with Gasteiger partial charge in [0.05, 0.1) is 26.9 Å². The number of benzene rings is 2. The zero-order valence-electron chi connectivity index (χ0n) is 15.2. The van der Waals surface area contributed by atoms with E-state index in [9.17, 15) is 9.59 Å².